The number of rotatable bonds is 1. The summed E-state index contributed by atoms with van der Waals surface area (Å²) in [6, 6.07) is 15.9. The molecule has 0 atom stereocenters. The summed E-state index contributed by atoms with van der Waals surface area (Å²) in [6.45, 7) is 8.00. The number of fused-ring (bicyclic) bond motifs is 2. The van der Waals surface area contributed by atoms with Crippen LogP contribution in [0.1, 0.15) is 59.9 Å². The number of carbonyl (C=O) groups is 2. The molecule has 0 radical (unpaired) electrons. The van der Waals surface area contributed by atoms with Gasteiger partial charge < -0.3 is 4.42 Å². The predicted molar refractivity (Wildman–Crippen MR) is 97.9 cm³/mol. The lowest BCUT2D eigenvalue weighted by atomic mass is 9.91. The molecular weight excluding hydrogens is 314 g/mol. The van der Waals surface area contributed by atoms with Gasteiger partial charge in [-0.2, -0.15) is 0 Å². The van der Waals surface area contributed by atoms with Crippen LogP contribution in [0.15, 0.2) is 59.0 Å². The first-order valence-electron chi connectivity index (χ1n) is 8.50. The number of hydrogen-bond donors (Lipinski definition) is 0. The molecule has 0 amide bonds. The van der Waals surface area contributed by atoms with Crippen molar-refractivity contribution in [3.8, 4) is 11.5 Å². The third-order valence-corrected chi connectivity index (χ3v) is 3.49. The van der Waals surface area contributed by atoms with Crippen molar-refractivity contribution in [2.75, 3.05) is 0 Å². The minimum atomic E-state index is -0.296. The normalized spacial score (nSPS) is 11.4. The Labute approximate surface area is 147 Å². The quantitative estimate of drug-likeness (QED) is 0.481. The van der Waals surface area contributed by atoms with Crippen molar-refractivity contribution in [3.05, 3.63) is 77.2 Å². The number of benzene rings is 2. The molecule has 4 heteroatoms. The van der Waals surface area contributed by atoms with Crippen molar-refractivity contribution in [2.45, 2.75) is 27.7 Å². The summed E-state index contributed by atoms with van der Waals surface area (Å²) < 4.78 is 5.55. The zero-order chi connectivity index (χ0) is 18.4. The van der Waals surface area contributed by atoms with E-state index in [9.17, 15) is 9.59 Å². The fourth-order valence-corrected chi connectivity index (χ4v) is 2.46. The van der Waals surface area contributed by atoms with E-state index < -0.39 is 0 Å². The monoisotopic (exact) mass is 335 g/mol. The highest BCUT2D eigenvalue weighted by molar-refractivity contribution is 6.26. The number of aromatic nitrogens is 1. The smallest absolute Gasteiger partial charge is 0.231 e. The second kappa shape index (κ2) is 8.20. The average molecular weight is 335 g/mol. The van der Waals surface area contributed by atoms with Crippen LogP contribution in [-0.2, 0) is 0 Å². The summed E-state index contributed by atoms with van der Waals surface area (Å²) in [5.41, 5.74) is 1.57. The van der Waals surface area contributed by atoms with Crippen molar-refractivity contribution in [1.29, 1.82) is 0 Å². The van der Waals surface area contributed by atoms with Gasteiger partial charge >= 0.3 is 0 Å². The van der Waals surface area contributed by atoms with E-state index in [2.05, 4.69) is 4.98 Å². The zero-order valence-corrected chi connectivity index (χ0v) is 14.9. The van der Waals surface area contributed by atoms with E-state index >= 15 is 0 Å². The first-order chi connectivity index (χ1) is 12.3. The van der Waals surface area contributed by atoms with Crippen LogP contribution in [0.5, 0.6) is 0 Å². The van der Waals surface area contributed by atoms with Crippen LogP contribution < -0.4 is 0 Å². The van der Waals surface area contributed by atoms with Crippen LogP contribution in [0.3, 0.4) is 0 Å². The molecule has 0 fully saturated rings. The maximum atomic E-state index is 12.4. The lowest BCUT2D eigenvalue weighted by Gasteiger charge is -2.10. The molecule has 1 aromatic heterocycles. The number of ketones is 2. The lowest BCUT2D eigenvalue weighted by molar-refractivity contribution is 0.0959. The number of nitrogens with zero attached hydrogens (tertiary/aromatic N) is 1. The van der Waals surface area contributed by atoms with Crippen LogP contribution >= 0.6 is 0 Å². The molecule has 1 heterocycles. The van der Waals surface area contributed by atoms with Gasteiger partial charge in [0.1, 0.15) is 0 Å². The van der Waals surface area contributed by atoms with E-state index in [4.69, 9.17) is 4.42 Å². The summed E-state index contributed by atoms with van der Waals surface area (Å²) in [5.74, 6) is -0.256. The summed E-state index contributed by atoms with van der Waals surface area (Å²) in [6.07, 6.45) is 0. The first-order valence-corrected chi connectivity index (χ1v) is 8.50. The molecular formula is C21H21NO3. The Morgan fingerprint density at radius 2 is 1.24 bits per heavy atom. The van der Waals surface area contributed by atoms with E-state index in [0.29, 0.717) is 11.1 Å². The predicted octanol–water partition coefficient (Wildman–Crippen LogP) is 5.17. The summed E-state index contributed by atoms with van der Waals surface area (Å²) in [7, 11) is 0. The van der Waals surface area contributed by atoms with Crippen molar-refractivity contribution in [2.24, 2.45) is 0 Å². The van der Waals surface area contributed by atoms with Gasteiger partial charge in [0.15, 0.2) is 5.69 Å². The van der Waals surface area contributed by atoms with Crippen LogP contribution in [-0.4, -0.2) is 16.6 Å². The Balaban J connectivity index is 0.000000528. The molecule has 2 aromatic carbocycles. The maximum Gasteiger partial charge on any atom is 0.231 e. The SMILES string of the molecule is CC.CC.O=C1c2ccccc2C(=O)c2oc(-c3ccccc3)nc21. The third-order valence-electron chi connectivity index (χ3n) is 3.49. The third kappa shape index (κ3) is 3.29. The van der Waals surface area contributed by atoms with Crippen molar-refractivity contribution in [3.63, 3.8) is 0 Å². The van der Waals surface area contributed by atoms with Crippen molar-refractivity contribution < 1.29 is 14.0 Å². The molecule has 0 unspecified atom stereocenters. The molecule has 0 saturated carbocycles. The van der Waals surface area contributed by atoms with Crippen molar-refractivity contribution >= 4 is 11.6 Å². The molecule has 0 spiro atoms. The van der Waals surface area contributed by atoms with E-state index in [-0.39, 0.29) is 28.9 Å². The van der Waals surface area contributed by atoms with E-state index in [1.807, 2.05) is 58.0 Å². The van der Waals surface area contributed by atoms with Gasteiger partial charge in [0.05, 0.1) is 0 Å². The van der Waals surface area contributed by atoms with Gasteiger partial charge in [-0.05, 0) is 12.1 Å². The van der Waals surface area contributed by atoms with E-state index in [0.717, 1.165) is 5.56 Å². The topological polar surface area (TPSA) is 60.2 Å². The number of hydrogen-bond acceptors (Lipinski definition) is 4. The Bertz CT molecular complexity index is 827. The Kier molecular flexibility index (Phi) is 6.01. The van der Waals surface area contributed by atoms with Crippen LogP contribution in [0, 0.1) is 0 Å². The Hall–Kier alpha value is -3.01. The molecule has 0 N–H and O–H groups in total. The van der Waals surface area contributed by atoms with E-state index in [1.165, 1.54) is 0 Å². The lowest BCUT2D eigenvalue weighted by Crippen LogP contribution is -2.19. The highest BCUT2D eigenvalue weighted by Gasteiger charge is 2.35. The van der Waals surface area contributed by atoms with Gasteiger partial charge in [-0.15, -0.1) is 0 Å². The van der Waals surface area contributed by atoms with Gasteiger partial charge in [0.25, 0.3) is 0 Å². The standard InChI is InChI=1S/C17H9NO3.2C2H6/c19-14-11-8-4-5-9-12(11)15(20)16-13(14)18-17(21-16)10-6-2-1-3-7-10;2*1-2/h1-9H;2*1-2H3. The van der Waals surface area contributed by atoms with Crippen LogP contribution in [0.25, 0.3) is 11.5 Å². The second-order valence-electron chi connectivity index (χ2n) is 4.77. The Morgan fingerprint density at radius 1 is 0.720 bits per heavy atom. The summed E-state index contributed by atoms with van der Waals surface area (Å²) >= 11 is 0. The molecule has 3 aromatic rings. The molecule has 1 aliphatic carbocycles. The van der Waals surface area contributed by atoms with Gasteiger partial charge in [-0.1, -0.05) is 70.2 Å². The van der Waals surface area contributed by atoms with E-state index in [1.54, 1.807) is 24.3 Å². The molecule has 128 valence electrons. The minimum absolute atomic E-state index is 0.0255. The maximum absolute atomic E-state index is 12.4. The minimum Gasteiger partial charge on any atom is -0.432 e. The number of carbonyl (C=O) groups excluding carboxylic acids is 2. The highest BCUT2D eigenvalue weighted by Crippen LogP contribution is 2.30. The van der Waals surface area contributed by atoms with Crippen molar-refractivity contribution in [1.82, 2.24) is 4.98 Å². The summed E-state index contributed by atoms with van der Waals surface area (Å²) in [5, 5.41) is 0. The highest BCUT2D eigenvalue weighted by atomic mass is 16.4. The fourth-order valence-electron chi connectivity index (χ4n) is 2.46. The molecule has 25 heavy (non-hydrogen) atoms. The zero-order valence-electron chi connectivity index (χ0n) is 14.9. The van der Waals surface area contributed by atoms with Gasteiger partial charge in [0.2, 0.25) is 23.2 Å². The largest absolute Gasteiger partial charge is 0.432 e. The van der Waals surface area contributed by atoms with Gasteiger partial charge in [-0.25, -0.2) is 4.98 Å². The van der Waals surface area contributed by atoms with Gasteiger partial charge in [-0.3, -0.25) is 9.59 Å². The molecule has 0 aliphatic heterocycles. The average Bonchev–Trinajstić information content (AvgIpc) is 3.16. The van der Waals surface area contributed by atoms with Gasteiger partial charge in [0, 0.05) is 16.7 Å². The molecule has 0 saturated heterocycles. The van der Waals surface area contributed by atoms with Crippen LogP contribution in [0.2, 0.25) is 0 Å². The Morgan fingerprint density at radius 3 is 1.84 bits per heavy atom. The number of oxazole rings is 1. The first kappa shape index (κ1) is 18.3. The fraction of sp³-hybridized carbons (Fsp3) is 0.190. The molecule has 0 bridgehead atoms. The molecule has 1 aliphatic rings. The summed E-state index contributed by atoms with van der Waals surface area (Å²) in [4.78, 5) is 29.0. The van der Waals surface area contributed by atoms with Crippen LogP contribution in [0.4, 0.5) is 0 Å². The second-order valence-corrected chi connectivity index (χ2v) is 4.77. The molecule has 4 rings (SSSR count). The molecule has 4 nitrogen and oxygen atoms in total.